The van der Waals surface area contributed by atoms with Crippen molar-refractivity contribution in [3.63, 3.8) is 0 Å². The van der Waals surface area contributed by atoms with Gasteiger partial charge in [0.2, 0.25) is 5.88 Å². The Bertz CT molecular complexity index is 716. The minimum atomic E-state index is -0.271. The first-order valence-corrected chi connectivity index (χ1v) is 9.94. The summed E-state index contributed by atoms with van der Waals surface area (Å²) in [6, 6.07) is 10.7. The maximum atomic E-state index is 5.99. The molecule has 2 heterocycles. The molecule has 1 radical (unpaired) electrons. The molecule has 27 heavy (non-hydrogen) atoms. The predicted molar refractivity (Wildman–Crippen MR) is 109 cm³/mol. The van der Waals surface area contributed by atoms with Crippen LogP contribution in [-0.2, 0) is 13.0 Å². The quantitative estimate of drug-likeness (QED) is 0.742. The normalized spacial score (nSPS) is 17.6. The number of piperidine rings is 1. The van der Waals surface area contributed by atoms with Crippen LogP contribution in [0.5, 0.6) is 5.88 Å². The highest BCUT2D eigenvalue weighted by atomic mass is 16.5. The molecule has 0 bridgehead atoms. The maximum absolute atomic E-state index is 5.99. The second kappa shape index (κ2) is 8.39. The Morgan fingerprint density at radius 2 is 1.74 bits per heavy atom. The van der Waals surface area contributed by atoms with Crippen molar-refractivity contribution in [3.05, 3.63) is 60.9 Å². The largest absolute Gasteiger partial charge is 0.471 e. The van der Waals surface area contributed by atoms with Crippen LogP contribution in [0.25, 0.3) is 0 Å². The topological polar surface area (TPSA) is 38.2 Å². The molecule has 0 amide bonds. The van der Waals surface area contributed by atoms with Crippen LogP contribution in [-0.4, -0.2) is 33.6 Å². The van der Waals surface area contributed by atoms with Crippen molar-refractivity contribution in [2.24, 2.45) is 5.41 Å². The lowest BCUT2D eigenvalue weighted by Crippen LogP contribution is -2.39. The Morgan fingerprint density at radius 3 is 2.41 bits per heavy atom. The molecule has 0 unspecified atom stereocenters. The number of aromatic nitrogens is 2. The van der Waals surface area contributed by atoms with E-state index >= 15 is 0 Å². The average molecular weight is 367 g/mol. The van der Waals surface area contributed by atoms with E-state index in [0.717, 1.165) is 51.0 Å². The van der Waals surface area contributed by atoms with Crippen LogP contribution >= 0.6 is 0 Å². The van der Waals surface area contributed by atoms with E-state index in [1.165, 1.54) is 5.56 Å². The van der Waals surface area contributed by atoms with Gasteiger partial charge in [-0.2, -0.15) is 0 Å². The Balaban J connectivity index is 1.54. The summed E-state index contributed by atoms with van der Waals surface area (Å²) < 4.78 is 5.99. The zero-order chi connectivity index (χ0) is 19.3. The van der Waals surface area contributed by atoms with Crippen LogP contribution in [0.4, 0.5) is 0 Å². The molecule has 1 aliphatic rings. The number of ether oxygens (including phenoxy) is 1. The smallest absolute Gasteiger partial charge is 0.237 e. The summed E-state index contributed by atoms with van der Waals surface area (Å²) in [6.45, 7) is 13.6. The van der Waals surface area contributed by atoms with E-state index in [0.29, 0.717) is 5.88 Å². The van der Waals surface area contributed by atoms with Gasteiger partial charge < -0.3 is 4.74 Å². The number of aryl methyl sites for hydroxylation is 1. The fraction of sp³-hybridized carbons (Fsp3) is 0.522. The van der Waals surface area contributed by atoms with Gasteiger partial charge in [0.05, 0.1) is 0 Å². The molecule has 1 aliphatic heterocycles. The molecule has 4 nitrogen and oxygen atoms in total. The Kier molecular flexibility index (Phi) is 6.15. The van der Waals surface area contributed by atoms with E-state index in [-0.39, 0.29) is 11.0 Å². The van der Waals surface area contributed by atoms with Gasteiger partial charge in [-0.1, -0.05) is 30.3 Å². The van der Waals surface area contributed by atoms with E-state index in [9.17, 15) is 0 Å². The monoisotopic (exact) mass is 366 g/mol. The maximum Gasteiger partial charge on any atom is 0.237 e. The molecular formula is C23H32N3O. The van der Waals surface area contributed by atoms with Crippen molar-refractivity contribution in [3.8, 4) is 5.88 Å². The lowest BCUT2D eigenvalue weighted by Gasteiger charge is -2.39. The molecule has 4 heteroatoms. The lowest BCUT2D eigenvalue weighted by atomic mass is 9.76. The van der Waals surface area contributed by atoms with E-state index in [2.05, 4.69) is 52.1 Å². The third kappa shape index (κ3) is 6.03. The summed E-state index contributed by atoms with van der Waals surface area (Å²) in [5, 5.41) is 0. The second-order valence-corrected chi connectivity index (χ2v) is 8.78. The highest BCUT2D eigenvalue weighted by molar-refractivity contribution is 5.18. The Labute approximate surface area is 164 Å². The number of nitrogens with zero attached hydrogens (tertiary/aromatic N) is 3. The second-order valence-electron chi connectivity index (χ2n) is 8.78. The molecule has 1 fully saturated rings. The van der Waals surface area contributed by atoms with Crippen LogP contribution in [0.1, 0.15) is 51.3 Å². The molecule has 1 saturated heterocycles. The first-order chi connectivity index (χ1) is 12.8. The van der Waals surface area contributed by atoms with Crippen molar-refractivity contribution < 1.29 is 4.74 Å². The third-order valence-corrected chi connectivity index (χ3v) is 5.22. The summed E-state index contributed by atoms with van der Waals surface area (Å²) in [4.78, 5) is 11.4. The zero-order valence-electron chi connectivity index (χ0n) is 16.9. The standard InChI is InChI=1S/C23H32N3O/c1-22(2,3)27-21-20(24-14-15-25-21)18-26-16-12-23(4,13-17-26)11-10-19-8-6-5-7-9-19/h5-9,14-15H,4,10-13,16-18H2,1-3H3. The summed E-state index contributed by atoms with van der Waals surface area (Å²) in [5.41, 5.74) is 2.24. The lowest BCUT2D eigenvalue weighted by molar-refractivity contribution is 0.107. The van der Waals surface area contributed by atoms with Crippen LogP contribution in [0.3, 0.4) is 0 Å². The molecule has 0 aliphatic carbocycles. The average Bonchev–Trinajstić information content (AvgIpc) is 2.64. The van der Waals surface area contributed by atoms with Gasteiger partial charge >= 0.3 is 0 Å². The van der Waals surface area contributed by atoms with Crippen LogP contribution in [0, 0.1) is 12.3 Å². The highest BCUT2D eigenvalue weighted by Gasteiger charge is 2.30. The molecule has 0 saturated carbocycles. The molecule has 1 aromatic carbocycles. The van der Waals surface area contributed by atoms with Gasteiger partial charge in [-0.3, -0.25) is 9.88 Å². The van der Waals surface area contributed by atoms with Crippen molar-refractivity contribution in [1.82, 2.24) is 14.9 Å². The highest BCUT2D eigenvalue weighted by Crippen LogP contribution is 2.36. The van der Waals surface area contributed by atoms with Crippen LogP contribution in [0.2, 0.25) is 0 Å². The summed E-state index contributed by atoms with van der Waals surface area (Å²) >= 11 is 0. The van der Waals surface area contributed by atoms with Gasteiger partial charge in [-0.05, 0) is 77.4 Å². The van der Waals surface area contributed by atoms with E-state index in [1.54, 1.807) is 12.4 Å². The number of benzene rings is 1. The van der Waals surface area contributed by atoms with Gasteiger partial charge in [0.1, 0.15) is 11.3 Å². The Morgan fingerprint density at radius 1 is 1.07 bits per heavy atom. The molecular weight excluding hydrogens is 334 g/mol. The summed E-state index contributed by atoms with van der Waals surface area (Å²) in [6.07, 6.45) is 7.95. The minimum Gasteiger partial charge on any atom is -0.471 e. The fourth-order valence-electron chi connectivity index (χ4n) is 3.54. The van der Waals surface area contributed by atoms with Crippen LogP contribution < -0.4 is 4.74 Å². The van der Waals surface area contributed by atoms with E-state index < -0.39 is 0 Å². The van der Waals surface area contributed by atoms with Crippen molar-refractivity contribution >= 4 is 0 Å². The van der Waals surface area contributed by atoms with Gasteiger partial charge in [0.25, 0.3) is 0 Å². The van der Waals surface area contributed by atoms with Crippen LogP contribution in [0.15, 0.2) is 42.7 Å². The number of hydrogen-bond donors (Lipinski definition) is 0. The summed E-state index contributed by atoms with van der Waals surface area (Å²) in [7, 11) is 0. The molecule has 2 aromatic rings. The molecule has 1 aromatic heterocycles. The predicted octanol–water partition coefficient (Wildman–Crippen LogP) is 4.70. The molecule has 145 valence electrons. The van der Waals surface area contributed by atoms with Crippen molar-refractivity contribution in [2.45, 2.75) is 58.6 Å². The molecule has 0 spiro atoms. The fourth-order valence-corrected chi connectivity index (χ4v) is 3.54. The third-order valence-electron chi connectivity index (χ3n) is 5.22. The first kappa shape index (κ1) is 19.8. The SMILES string of the molecule is [CH2]C1(CCc2ccccc2)CCN(Cc2nccnc2OC(C)(C)C)CC1. The van der Waals surface area contributed by atoms with Gasteiger partial charge in [-0.15, -0.1) is 0 Å². The number of hydrogen-bond acceptors (Lipinski definition) is 4. The molecule has 0 atom stereocenters. The molecule has 3 rings (SSSR count). The van der Waals surface area contributed by atoms with Gasteiger partial charge in [0.15, 0.2) is 0 Å². The first-order valence-electron chi connectivity index (χ1n) is 9.94. The number of rotatable bonds is 6. The molecule has 0 N–H and O–H groups in total. The number of likely N-dealkylation sites (tertiary alicyclic amines) is 1. The minimum absolute atomic E-state index is 0.180. The Hall–Kier alpha value is -1.94. The van der Waals surface area contributed by atoms with E-state index in [4.69, 9.17) is 4.74 Å². The summed E-state index contributed by atoms with van der Waals surface area (Å²) in [5.74, 6) is 0.653. The van der Waals surface area contributed by atoms with Crippen molar-refractivity contribution in [1.29, 1.82) is 0 Å². The van der Waals surface area contributed by atoms with Crippen molar-refractivity contribution in [2.75, 3.05) is 13.1 Å². The zero-order valence-corrected chi connectivity index (χ0v) is 16.9. The van der Waals surface area contributed by atoms with E-state index in [1.807, 2.05) is 20.8 Å². The van der Waals surface area contributed by atoms with Gasteiger partial charge in [0, 0.05) is 18.9 Å². The van der Waals surface area contributed by atoms with Gasteiger partial charge in [-0.25, -0.2) is 4.98 Å².